The van der Waals surface area contributed by atoms with Crippen LogP contribution in [0.4, 0.5) is 0 Å². The predicted octanol–water partition coefficient (Wildman–Crippen LogP) is 2.68. The van der Waals surface area contributed by atoms with Crippen molar-refractivity contribution in [3.05, 3.63) is 35.4 Å². The number of hydrogen-bond acceptors (Lipinski definition) is 1. The van der Waals surface area contributed by atoms with Gasteiger partial charge in [0.15, 0.2) is 0 Å². The lowest BCUT2D eigenvalue weighted by Crippen LogP contribution is -2.00. The first kappa shape index (κ1) is 8.76. The van der Waals surface area contributed by atoms with Crippen LogP contribution in [0.5, 0.6) is 0 Å². The third-order valence-corrected chi connectivity index (χ3v) is 2.96. The smallest absolute Gasteiger partial charge is 0.0820 e. The molecule has 3 atom stereocenters. The van der Waals surface area contributed by atoms with Gasteiger partial charge in [-0.15, -0.1) is 0 Å². The molecule has 1 N–H and O–H groups in total. The van der Waals surface area contributed by atoms with Crippen molar-refractivity contribution in [2.24, 2.45) is 11.8 Å². The summed E-state index contributed by atoms with van der Waals surface area (Å²) in [6, 6.07) is 8.17. The van der Waals surface area contributed by atoms with Crippen LogP contribution >= 0.6 is 0 Å². The van der Waals surface area contributed by atoms with Crippen molar-refractivity contribution in [1.29, 1.82) is 0 Å². The van der Waals surface area contributed by atoms with Crippen molar-refractivity contribution in [2.45, 2.75) is 26.4 Å². The minimum absolute atomic E-state index is 0.241. The molecule has 1 aromatic rings. The summed E-state index contributed by atoms with van der Waals surface area (Å²) in [4.78, 5) is 0. The van der Waals surface area contributed by atoms with Crippen LogP contribution in [0, 0.1) is 18.8 Å². The van der Waals surface area contributed by atoms with Crippen molar-refractivity contribution in [2.75, 3.05) is 0 Å². The van der Waals surface area contributed by atoms with Gasteiger partial charge in [-0.25, -0.2) is 0 Å². The maximum atomic E-state index is 9.96. The summed E-state index contributed by atoms with van der Waals surface area (Å²) in [6.45, 7) is 4.26. The van der Waals surface area contributed by atoms with Crippen LogP contribution in [0.25, 0.3) is 0 Å². The molecular weight excluding hydrogens is 160 g/mol. The van der Waals surface area contributed by atoms with Gasteiger partial charge in [0, 0.05) is 0 Å². The maximum absolute atomic E-state index is 9.96. The molecule has 1 saturated carbocycles. The number of aryl methyl sites for hydroxylation is 1. The molecule has 0 aromatic heterocycles. The lowest BCUT2D eigenvalue weighted by molar-refractivity contribution is 0.148. The van der Waals surface area contributed by atoms with Gasteiger partial charge in [0.1, 0.15) is 0 Å². The molecule has 0 amide bonds. The fraction of sp³-hybridized carbons (Fsp3) is 0.500. The van der Waals surface area contributed by atoms with E-state index in [2.05, 4.69) is 26.0 Å². The summed E-state index contributed by atoms with van der Waals surface area (Å²) in [7, 11) is 0. The van der Waals surface area contributed by atoms with E-state index >= 15 is 0 Å². The van der Waals surface area contributed by atoms with E-state index in [1.807, 2.05) is 12.1 Å². The highest BCUT2D eigenvalue weighted by Crippen LogP contribution is 2.46. The molecular formula is C12H16O. The van der Waals surface area contributed by atoms with E-state index in [-0.39, 0.29) is 6.10 Å². The summed E-state index contributed by atoms with van der Waals surface area (Å²) in [5.41, 5.74) is 2.30. The van der Waals surface area contributed by atoms with Crippen molar-refractivity contribution in [1.82, 2.24) is 0 Å². The average molecular weight is 176 g/mol. The minimum Gasteiger partial charge on any atom is -0.388 e. The molecule has 3 unspecified atom stereocenters. The van der Waals surface area contributed by atoms with E-state index in [4.69, 9.17) is 0 Å². The van der Waals surface area contributed by atoms with Crippen molar-refractivity contribution < 1.29 is 5.11 Å². The second kappa shape index (κ2) is 3.15. The van der Waals surface area contributed by atoms with Crippen molar-refractivity contribution in [3.63, 3.8) is 0 Å². The number of benzene rings is 1. The highest BCUT2D eigenvalue weighted by atomic mass is 16.3. The molecule has 0 heterocycles. The van der Waals surface area contributed by atoms with Crippen LogP contribution in [-0.4, -0.2) is 5.11 Å². The monoisotopic (exact) mass is 176 g/mol. The fourth-order valence-electron chi connectivity index (χ4n) is 1.89. The van der Waals surface area contributed by atoms with Gasteiger partial charge >= 0.3 is 0 Å². The lowest BCUT2D eigenvalue weighted by Gasteiger charge is -2.10. The molecule has 1 aromatic carbocycles. The number of aliphatic hydroxyl groups is 1. The van der Waals surface area contributed by atoms with E-state index in [1.165, 1.54) is 12.0 Å². The molecule has 2 rings (SSSR count). The van der Waals surface area contributed by atoms with Gasteiger partial charge in [-0.1, -0.05) is 36.8 Å². The number of rotatable bonds is 2. The van der Waals surface area contributed by atoms with E-state index in [9.17, 15) is 5.11 Å². The van der Waals surface area contributed by atoms with Crippen LogP contribution in [0.2, 0.25) is 0 Å². The van der Waals surface area contributed by atoms with E-state index in [0.29, 0.717) is 11.8 Å². The molecule has 1 nitrogen and oxygen atoms in total. The molecule has 1 aliphatic rings. The van der Waals surface area contributed by atoms with Crippen LogP contribution < -0.4 is 0 Å². The summed E-state index contributed by atoms with van der Waals surface area (Å²) in [5.74, 6) is 1.21. The zero-order chi connectivity index (χ0) is 9.42. The molecule has 0 saturated heterocycles. The standard InChI is InChI=1S/C12H16O/c1-8-4-3-5-10(6-8)12(13)11-7-9(11)2/h3-6,9,11-13H,7H2,1-2H3. The molecule has 1 fully saturated rings. The van der Waals surface area contributed by atoms with Crippen LogP contribution in [-0.2, 0) is 0 Å². The van der Waals surface area contributed by atoms with Crippen molar-refractivity contribution in [3.8, 4) is 0 Å². The summed E-state index contributed by atoms with van der Waals surface area (Å²) < 4.78 is 0. The summed E-state index contributed by atoms with van der Waals surface area (Å²) in [5, 5.41) is 9.96. The zero-order valence-corrected chi connectivity index (χ0v) is 8.20. The molecule has 70 valence electrons. The zero-order valence-electron chi connectivity index (χ0n) is 8.20. The largest absolute Gasteiger partial charge is 0.388 e. The summed E-state index contributed by atoms with van der Waals surface area (Å²) in [6.07, 6.45) is 0.935. The first-order valence-corrected chi connectivity index (χ1v) is 4.93. The Kier molecular flexibility index (Phi) is 2.12. The van der Waals surface area contributed by atoms with Crippen LogP contribution in [0.1, 0.15) is 30.6 Å². The summed E-state index contributed by atoms with van der Waals surface area (Å²) >= 11 is 0. The Morgan fingerprint density at radius 3 is 2.69 bits per heavy atom. The Morgan fingerprint density at radius 2 is 2.15 bits per heavy atom. The normalized spacial score (nSPS) is 28.5. The van der Waals surface area contributed by atoms with Gasteiger partial charge in [-0.3, -0.25) is 0 Å². The Hall–Kier alpha value is -0.820. The van der Waals surface area contributed by atoms with Crippen molar-refractivity contribution >= 4 is 0 Å². The minimum atomic E-state index is -0.241. The Labute approximate surface area is 79.4 Å². The Balaban J connectivity index is 2.15. The SMILES string of the molecule is Cc1cccc(C(O)C2CC2C)c1. The lowest BCUT2D eigenvalue weighted by atomic mass is 10.0. The third kappa shape index (κ3) is 1.75. The van der Waals surface area contributed by atoms with Crippen LogP contribution in [0.3, 0.4) is 0 Å². The molecule has 13 heavy (non-hydrogen) atoms. The van der Waals surface area contributed by atoms with E-state index < -0.39 is 0 Å². The highest BCUT2D eigenvalue weighted by Gasteiger charge is 2.39. The molecule has 1 heteroatoms. The Morgan fingerprint density at radius 1 is 1.46 bits per heavy atom. The highest BCUT2D eigenvalue weighted by molar-refractivity contribution is 5.25. The van der Waals surface area contributed by atoms with Gasteiger partial charge < -0.3 is 5.11 Å². The van der Waals surface area contributed by atoms with Gasteiger partial charge in [0.05, 0.1) is 6.10 Å². The first-order chi connectivity index (χ1) is 6.18. The molecule has 0 aliphatic heterocycles. The fourth-order valence-corrected chi connectivity index (χ4v) is 1.89. The topological polar surface area (TPSA) is 20.2 Å². The van der Waals surface area contributed by atoms with E-state index in [0.717, 1.165) is 5.56 Å². The molecule has 0 bridgehead atoms. The first-order valence-electron chi connectivity index (χ1n) is 4.93. The van der Waals surface area contributed by atoms with Gasteiger partial charge in [-0.05, 0) is 30.7 Å². The predicted molar refractivity (Wildman–Crippen MR) is 53.4 cm³/mol. The Bertz CT molecular complexity index is 306. The number of hydrogen-bond donors (Lipinski definition) is 1. The van der Waals surface area contributed by atoms with E-state index in [1.54, 1.807) is 0 Å². The molecule has 0 spiro atoms. The van der Waals surface area contributed by atoms with Gasteiger partial charge in [-0.2, -0.15) is 0 Å². The molecule has 0 radical (unpaired) electrons. The second-order valence-corrected chi connectivity index (χ2v) is 4.24. The third-order valence-electron chi connectivity index (χ3n) is 2.96. The number of aliphatic hydroxyl groups excluding tert-OH is 1. The quantitative estimate of drug-likeness (QED) is 0.734. The second-order valence-electron chi connectivity index (χ2n) is 4.24. The maximum Gasteiger partial charge on any atom is 0.0820 e. The molecule has 1 aliphatic carbocycles. The van der Waals surface area contributed by atoms with Gasteiger partial charge in [0.25, 0.3) is 0 Å². The van der Waals surface area contributed by atoms with Gasteiger partial charge in [0.2, 0.25) is 0 Å². The van der Waals surface area contributed by atoms with Crippen LogP contribution in [0.15, 0.2) is 24.3 Å². The average Bonchev–Trinajstić information content (AvgIpc) is 2.81.